The summed E-state index contributed by atoms with van der Waals surface area (Å²) in [7, 11) is 0. The van der Waals surface area contributed by atoms with E-state index in [0.29, 0.717) is 18.5 Å². The van der Waals surface area contributed by atoms with E-state index in [-0.39, 0.29) is 6.09 Å². The first-order valence-corrected chi connectivity index (χ1v) is 10.3. The third-order valence-electron chi connectivity index (χ3n) is 5.48. The molecule has 1 saturated carbocycles. The van der Waals surface area contributed by atoms with Crippen LogP contribution in [0, 0.1) is 5.92 Å². The highest BCUT2D eigenvalue weighted by Gasteiger charge is 2.24. The number of rotatable bonds is 4. The van der Waals surface area contributed by atoms with Crippen LogP contribution < -0.4 is 5.32 Å². The van der Waals surface area contributed by atoms with Gasteiger partial charge in [-0.05, 0) is 64.0 Å². The summed E-state index contributed by atoms with van der Waals surface area (Å²) < 4.78 is 7.45. The van der Waals surface area contributed by atoms with Crippen LogP contribution in [0.15, 0.2) is 36.8 Å². The van der Waals surface area contributed by atoms with Crippen molar-refractivity contribution in [2.75, 3.05) is 6.54 Å². The van der Waals surface area contributed by atoms with E-state index >= 15 is 0 Å². The van der Waals surface area contributed by atoms with Crippen molar-refractivity contribution in [1.29, 1.82) is 0 Å². The van der Waals surface area contributed by atoms with E-state index in [1.165, 1.54) is 0 Å². The zero-order valence-corrected chi connectivity index (χ0v) is 17.3. The van der Waals surface area contributed by atoms with Crippen LogP contribution in [0.5, 0.6) is 0 Å². The maximum atomic E-state index is 11.8. The number of hydrogen-bond donors (Lipinski definition) is 2. The Bertz CT molecular complexity index is 963. The van der Waals surface area contributed by atoms with Gasteiger partial charge in [-0.25, -0.2) is 4.79 Å². The van der Waals surface area contributed by atoms with Gasteiger partial charge in [-0.15, -0.1) is 0 Å². The molecule has 3 aromatic rings. The molecule has 1 aromatic carbocycles. The third kappa shape index (κ3) is 4.78. The van der Waals surface area contributed by atoms with Gasteiger partial charge in [-0.2, -0.15) is 10.2 Å². The second-order valence-electron chi connectivity index (χ2n) is 8.93. The van der Waals surface area contributed by atoms with Crippen LogP contribution in [0.1, 0.15) is 52.5 Å². The van der Waals surface area contributed by atoms with Crippen molar-refractivity contribution in [2.45, 2.75) is 58.1 Å². The first-order valence-electron chi connectivity index (χ1n) is 10.3. The Morgan fingerprint density at radius 1 is 1.24 bits per heavy atom. The molecule has 1 amide bonds. The molecule has 4 rings (SSSR count). The average Bonchev–Trinajstić information content (AvgIpc) is 3.34. The van der Waals surface area contributed by atoms with Crippen LogP contribution in [-0.2, 0) is 4.74 Å². The minimum Gasteiger partial charge on any atom is -0.444 e. The molecule has 0 atom stereocenters. The number of aromatic amines is 1. The topological polar surface area (TPSA) is 84.8 Å². The molecule has 154 valence electrons. The number of carbonyl (C=O) groups excluding carboxylic acids is 1. The molecule has 1 aliphatic rings. The van der Waals surface area contributed by atoms with E-state index < -0.39 is 5.60 Å². The van der Waals surface area contributed by atoms with E-state index in [1.54, 1.807) is 0 Å². The van der Waals surface area contributed by atoms with Crippen molar-refractivity contribution < 1.29 is 9.53 Å². The number of H-pyrrole nitrogens is 1. The Kier molecular flexibility index (Phi) is 5.30. The quantitative estimate of drug-likeness (QED) is 0.671. The van der Waals surface area contributed by atoms with Crippen LogP contribution in [-0.4, -0.2) is 38.2 Å². The van der Waals surface area contributed by atoms with Crippen LogP contribution in [0.3, 0.4) is 0 Å². The molecule has 0 saturated heterocycles. The second-order valence-corrected chi connectivity index (χ2v) is 8.93. The normalized spacial score (nSPS) is 20.0. The van der Waals surface area contributed by atoms with E-state index in [4.69, 9.17) is 9.84 Å². The summed E-state index contributed by atoms with van der Waals surface area (Å²) >= 11 is 0. The fourth-order valence-electron chi connectivity index (χ4n) is 3.97. The summed E-state index contributed by atoms with van der Waals surface area (Å²) in [5.41, 5.74) is 2.74. The maximum absolute atomic E-state index is 11.8. The summed E-state index contributed by atoms with van der Waals surface area (Å²) in [6, 6.07) is 6.76. The Labute approximate surface area is 170 Å². The first kappa shape index (κ1) is 19.5. The second kappa shape index (κ2) is 7.89. The Balaban J connectivity index is 1.34. The van der Waals surface area contributed by atoms with Gasteiger partial charge in [-0.1, -0.05) is 12.1 Å². The van der Waals surface area contributed by atoms with Gasteiger partial charge in [0.1, 0.15) is 5.60 Å². The van der Waals surface area contributed by atoms with E-state index in [1.807, 2.05) is 33.2 Å². The molecular formula is C22H29N5O2. The molecule has 2 N–H and O–H groups in total. The number of carbonyl (C=O) groups is 1. The number of benzene rings is 1. The monoisotopic (exact) mass is 395 g/mol. The zero-order chi connectivity index (χ0) is 20.4. The molecule has 29 heavy (non-hydrogen) atoms. The lowest BCUT2D eigenvalue weighted by atomic mass is 9.86. The number of ether oxygens (including phenoxy) is 1. The summed E-state index contributed by atoms with van der Waals surface area (Å²) in [5.74, 6) is 0.497. The minimum atomic E-state index is -0.457. The summed E-state index contributed by atoms with van der Waals surface area (Å²) in [5, 5.41) is 15.8. The van der Waals surface area contributed by atoms with Gasteiger partial charge in [0.25, 0.3) is 0 Å². The number of alkyl carbamates (subject to hydrolysis) is 1. The fraction of sp³-hybridized carbons (Fsp3) is 0.500. The summed E-state index contributed by atoms with van der Waals surface area (Å²) in [4.78, 5) is 11.8. The molecule has 1 fully saturated rings. The SMILES string of the molecule is CC(C)(C)OC(=O)NCC1CCC(n2cc3ccc(-c4cn[nH]c4)cc3n2)CC1. The number of aromatic nitrogens is 4. The highest BCUT2D eigenvalue weighted by molar-refractivity contribution is 5.83. The zero-order valence-electron chi connectivity index (χ0n) is 17.3. The molecule has 0 bridgehead atoms. The highest BCUT2D eigenvalue weighted by atomic mass is 16.6. The van der Waals surface area contributed by atoms with Crippen molar-refractivity contribution in [1.82, 2.24) is 25.3 Å². The molecule has 7 nitrogen and oxygen atoms in total. The largest absolute Gasteiger partial charge is 0.444 e. The smallest absolute Gasteiger partial charge is 0.407 e. The number of nitrogens with zero attached hydrogens (tertiary/aromatic N) is 3. The Morgan fingerprint density at radius 2 is 2.03 bits per heavy atom. The lowest BCUT2D eigenvalue weighted by molar-refractivity contribution is 0.0513. The summed E-state index contributed by atoms with van der Waals surface area (Å²) in [6.07, 6.45) is 9.85. The van der Waals surface area contributed by atoms with Crippen LogP contribution in [0.25, 0.3) is 22.0 Å². The molecule has 0 aliphatic heterocycles. The van der Waals surface area contributed by atoms with E-state index in [9.17, 15) is 4.79 Å². The van der Waals surface area contributed by atoms with E-state index in [0.717, 1.165) is 47.7 Å². The van der Waals surface area contributed by atoms with Crippen molar-refractivity contribution in [3.05, 3.63) is 36.8 Å². The maximum Gasteiger partial charge on any atom is 0.407 e. The molecule has 1 aliphatic carbocycles. The average molecular weight is 396 g/mol. The van der Waals surface area contributed by atoms with Crippen LogP contribution in [0.2, 0.25) is 0 Å². The standard InChI is InChI=1S/C22H29N5O2/c1-22(2,3)29-21(28)23-11-15-4-8-19(9-5-15)27-14-17-7-6-16(10-20(17)26-27)18-12-24-25-13-18/h6-7,10,12-15,19H,4-5,8-9,11H2,1-3H3,(H,23,28)(H,24,25). The van der Waals surface area contributed by atoms with Crippen molar-refractivity contribution in [3.8, 4) is 11.1 Å². The van der Waals surface area contributed by atoms with Gasteiger partial charge in [0.15, 0.2) is 0 Å². The molecular weight excluding hydrogens is 366 g/mol. The van der Waals surface area contributed by atoms with Gasteiger partial charge in [0, 0.05) is 29.9 Å². The third-order valence-corrected chi connectivity index (χ3v) is 5.48. The predicted octanol–water partition coefficient (Wildman–Crippen LogP) is 4.68. The van der Waals surface area contributed by atoms with Gasteiger partial charge < -0.3 is 10.1 Å². The van der Waals surface area contributed by atoms with Gasteiger partial charge >= 0.3 is 6.09 Å². The molecule has 2 aromatic heterocycles. The van der Waals surface area contributed by atoms with Gasteiger partial charge in [-0.3, -0.25) is 9.78 Å². The lowest BCUT2D eigenvalue weighted by Crippen LogP contribution is -2.36. The minimum absolute atomic E-state index is 0.327. The van der Waals surface area contributed by atoms with Crippen molar-refractivity contribution in [3.63, 3.8) is 0 Å². The van der Waals surface area contributed by atoms with Crippen LogP contribution in [0.4, 0.5) is 4.79 Å². The Morgan fingerprint density at radius 3 is 2.72 bits per heavy atom. The number of nitrogens with one attached hydrogen (secondary N) is 2. The molecule has 0 radical (unpaired) electrons. The number of hydrogen-bond acceptors (Lipinski definition) is 4. The molecule has 2 heterocycles. The van der Waals surface area contributed by atoms with Gasteiger partial charge in [0.2, 0.25) is 0 Å². The van der Waals surface area contributed by atoms with Crippen molar-refractivity contribution >= 4 is 17.0 Å². The van der Waals surface area contributed by atoms with E-state index in [2.05, 4.69) is 44.6 Å². The van der Waals surface area contributed by atoms with Crippen LogP contribution >= 0.6 is 0 Å². The lowest BCUT2D eigenvalue weighted by Gasteiger charge is -2.29. The first-order chi connectivity index (χ1) is 13.9. The molecule has 7 heteroatoms. The Hall–Kier alpha value is -2.83. The van der Waals surface area contributed by atoms with Gasteiger partial charge in [0.05, 0.1) is 17.8 Å². The molecule has 0 unspecified atom stereocenters. The molecule has 0 spiro atoms. The van der Waals surface area contributed by atoms with Crippen molar-refractivity contribution in [2.24, 2.45) is 5.92 Å². The highest BCUT2D eigenvalue weighted by Crippen LogP contribution is 2.33. The fourth-order valence-corrected chi connectivity index (χ4v) is 3.97. The predicted molar refractivity (Wildman–Crippen MR) is 113 cm³/mol. The number of amides is 1. The number of fused-ring (bicyclic) bond motifs is 1. The summed E-state index contributed by atoms with van der Waals surface area (Å²) in [6.45, 7) is 6.31.